The first-order chi connectivity index (χ1) is 10.5. The van der Waals surface area contributed by atoms with E-state index in [2.05, 4.69) is 56.4 Å². The number of pyridine rings is 1. The molecule has 1 aromatic heterocycles. The highest BCUT2D eigenvalue weighted by Crippen LogP contribution is 2.29. The lowest BCUT2D eigenvalue weighted by atomic mass is 9.97. The summed E-state index contributed by atoms with van der Waals surface area (Å²) in [5.41, 5.74) is 2.58. The average molecular weight is 296 g/mol. The van der Waals surface area contributed by atoms with E-state index < -0.39 is 0 Å². The Kier molecular flexibility index (Phi) is 4.37. The topological polar surface area (TPSA) is 24.9 Å². The highest BCUT2D eigenvalue weighted by atomic mass is 15.0. The molecular weight excluding hydrogens is 268 g/mol. The van der Waals surface area contributed by atoms with Gasteiger partial charge in [0.05, 0.1) is 5.52 Å². The highest BCUT2D eigenvalue weighted by molar-refractivity contribution is 5.81. The molecule has 1 aliphatic carbocycles. The molecule has 1 heterocycles. The van der Waals surface area contributed by atoms with E-state index in [4.69, 9.17) is 4.98 Å². The minimum Gasteiger partial charge on any atom is -0.365 e. The van der Waals surface area contributed by atoms with E-state index in [9.17, 15) is 0 Å². The quantitative estimate of drug-likeness (QED) is 0.798. The lowest BCUT2D eigenvalue weighted by Gasteiger charge is -2.21. The molecule has 2 nitrogen and oxygen atoms in total. The van der Waals surface area contributed by atoms with Gasteiger partial charge in [0.25, 0.3) is 0 Å². The first-order valence-electron chi connectivity index (χ1n) is 8.67. The molecule has 1 saturated carbocycles. The number of benzene rings is 1. The van der Waals surface area contributed by atoms with E-state index in [-0.39, 0.29) is 5.54 Å². The van der Waals surface area contributed by atoms with E-state index in [0.29, 0.717) is 0 Å². The van der Waals surface area contributed by atoms with Crippen molar-refractivity contribution in [2.45, 2.75) is 64.8 Å². The largest absolute Gasteiger partial charge is 0.365 e. The molecule has 1 aliphatic rings. The van der Waals surface area contributed by atoms with Crippen LogP contribution in [0.1, 0.15) is 58.4 Å². The zero-order chi connectivity index (χ0) is 15.6. The number of hydrogen-bond acceptors (Lipinski definition) is 2. The van der Waals surface area contributed by atoms with Crippen molar-refractivity contribution in [3.05, 3.63) is 35.9 Å². The summed E-state index contributed by atoms with van der Waals surface area (Å²) in [6.45, 7) is 6.49. The van der Waals surface area contributed by atoms with Gasteiger partial charge in [-0.2, -0.15) is 0 Å². The molecule has 2 heteroatoms. The summed E-state index contributed by atoms with van der Waals surface area (Å²) >= 11 is 0. The van der Waals surface area contributed by atoms with Gasteiger partial charge < -0.3 is 5.32 Å². The van der Waals surface area contributed by atoms with Crippen molar-refractivity contribution in [1.82, 2.24) is 4.98 Å². The van der Waals surface area contributed by atoms with Crippen molar-refractivity contribution in [2.24, 2.45) is 5.92 Å². The van der Waals surface area contributed by atoms with Gasteiger partial charge in [0, 0.05) is 10.9 Å². The van der Waals surface area contributed by atoms with Crippen molar-refractivity contribution < 1.29 is 0 Å². The maximum absolute atomic E-state index is 4.79. The number of fused-ring (bicyclic) bond motifs is 1. The van der Waals surface area contributed by atoms with Crippen molar-refractivity contribution in [2.75, 3.05) is 5.32 Å². The van der Waals surface area contributed by atoms with Gasteiger partial charge in [0.2, 0.25) is 0 Å². The maximum Gasteiger partial charge on any atom is 0.127 e. The number of nitrogens with zero attached hydrogens (tertiary/aromatic N) is 1. The van der Waals surface area contributed by atoms with Crippen LogP contribution in [0.25, 0.3) is 10.9 Å². The summed E-state index contributed by atoms with van der Waals surface area (Å²) in [4.78, 5) is 4.79. The first kappa shape index (κ1) is 15.3. The highest BCUT2D eigenvalue weighted by Gasteiger charge is 2.15. The predicted octanol–water partition coefficient (Wildman–Crippen LogP) is 5.57. The summed E-state index contributed by atoms with van der Waals surface area (Å²) in [5.74, 6) is 1.92. The average Bonchev–Trinajstić information content (AvgIpc) is 2.96. The summed E-state index contributed by atoms with van der Waals surface area (Å²) < 4.78 is 0. The minimum absolute atomic E-state index is 0.0424. The van der Waals surface area contributed by atoms with Gasteiger partial charge in [-0.3, -0.25) is 0 Å². The van der Waals surface area contributed by atoms with Crippen LogP contribution in [-0.2, 0) is 6.42 Å². The lowest BCUT2D eigenvalue weighted by Crippen LogP contribution is -2.26. The maximum atomic E-state index is 4.79. The van der Waals surface area contributed by atoms with Crippen LogP contribution >= 0.6 is 0 Å². The Morgan fingerprint density at radius 1 is 1.09 bits per heavy atom. The molecule has 0 unspecified atom stereocenters. The van der Waals surface area contributed by atoms with Crippen LogP contribution < -0.4 is 5.32 Å². The zero-order valence-corrected chi connectivity index (χ0v) is 14.2. The number of anilines is 1. The van der Waals surface area contributed by atoms with Crippen LogP contribution in [0.3, 0.4) is 0 Å². The standard InChI is InChI=1S/C20H28N2/c1-20(2,3)22-19-13-12-17-11-10-16(14-18(17)21-19)9-8-15-6-4-5-7-15/h10-15H,4-9H2,1-3H3,(H,21,22). The monoisotopic (exact) mass is 296 g/mol. The Labute approximate surface area is 134 Å². The molecule has 22 heavy (non-hydrogen) atoms. The van der Waals surface area contributed by atoms with Crippen LogP contribution in [0.2, 0.25) is 0 Å². The third-order valence-corrected chi connectivity index (χ3v) is 4.58. The number of aromatic nitrogens is 1. The lowest BCUT2D eigenvalue weighted by molar-refractivity contribution is 0.504. The Morgan fingerprint density at radius 2 is 1.82 bits per heavy atom. The Balaban J connectivity index is 1.75. The molecule has 0 aliphatic heterocycles. The normalized spacial score (nSPS) is 16.3. The van der Waals surface area contributed by atoms with Gasteiger partial charge in [-0.25, -0.2) is 4.98 Å². The molecule has 1 fully saturated rings. The van der Waals surface area contributed by atoms with E-state index >= 15 is 0 Å². The molecule has 3 rings (SSSR count). The van der Waals surface area contributed by atoms with Gasteiger partial charge in [-0.05, 0) is 63.3 Å². The van der Waals surface area contributed by atoms with Crippen molar-refractivity contribution in [3.63, 3.8) is 0 Å². The van der Waals surface area contributed by atoms with Crippen LogP contribution in [0, 0.1) is 5.92 Å². The van der Waals surface area contributed by atoms with E-state index in [1.807, 2.05) is 0 Å². The summed E-state index contributed by atoms with van der Waals surface area (Å²) in [6, 6.07) is 11.0. The second-order valence-electron chi connectivity index (χ2n) is 7.79. The smallest absolute Gasteiger partial charge is 0.127 e. The second-order valence-corrected chi connectivity index (χ2v) is 7.79. The Hall–Kier alpha value is -1.57. The Bertz CT molecular complexity index is 634. The van der Waals surface area contributed by atoms with Crippen molar-refractivity contribution >= 4 is 16.7 Å². The van der Waals surface area contributed by atoms with Gasteiger partial charge in [-0.15, -0.1) is 0 Å². The van der Waals surface area contributed by atoms with E-state index in [1.165, 1.54) is 49.5 Å². The number of nitrogens with one attached hydrogen (secondary N) is 1. The van der Waals surface area contributed by atoms with Crippen molar-refractivity contribution in [3.8, 4) is 0 Å². The van der Waals surface area contributed by atoms with Gasteiger partial charge in [0.1, 0.15) is 5.82 Å². The number of hydrogen-bond donors (Lipinski definition) is 1. The predicted molar refractivity (Wildman–Crippen MR) is 95.4 cm³/mol. The molecule has 118 valence electrons. The van der Waals surface area contributed by atoms with Crippen LogP contribution in [0.5, 0.6) is 0 Å². The Morgan fingerprint density at radius 3 is 2.55 bits per heavy atom. The van der Waals surface area contributed by atoms with Crippen molar-refractivity contribution in [1.29, 1.82) is 0 Å². The summed E-state index contributed by atoms with van der Waals surface area (Å²) in [5, 5.41) is 4.68. The van der Waals surface area contributed by atoms with Gasteiger partial charge in [-0.1, -0.05) is 37.8 Å². The number of rotatable bonds is 4. The molecule has 0 atom stereocenters. The molecule has 0 saturated heterocycles. The minimum atomic E-state index is 0.0424. The summed E-state index contributed by atoms with van der Waals surface area (Å²) in [7, 11) is 0. The molecule has 0 bridgehead atoms. The third-order valence-electron chi connectivity index (χ3n) is 4.58. The second kappa shape index (κ2) is 6.28. The molecule has 0 amide bonds. The molecule has 1 aromatic carbocycles. The fraction of sp³-hybridized carbons (Fsp3) is 0.550. The molecule has 0 radical (unpaired) electrons. The van der Waals surface area contributed by atoms with E-state index in [0.717, 1.165) is 17.3 Å². The van der Waals surface area contributed by atoms with Crippen LogP contribution in [-0.4, -0.2) is 10.5 Å². The number of aryl methyl sites for hydroxylation is 1. The third kappa shape index (κ3) is 4.00. The molecular formula is C20H28N2. The fourth-order valence-electron chi connectivity index (χ4n) is 3.44. The molecule has 2 aromatic rings. The van der Waals surface area contributed by atoms with Gasteiger partial charge >= 0.3 is 0 Å². The molecule has 0 spiro atoms. The first-order valence-corrected chi connectivity index (χ1v) is 8.67. The van der Waals surface area contributed by atoms with Gasteiger partial charge in [0.15, 0.2) is 0 Å². The fourth-order valence-corrected chi connectivity index (χ4v) is 3.44. The van der Waals surface area contributed by atoms with Crippen LogP contribution in [0.15, 0.2) is 30.3 Å². The van der Waals surface area contributed by atoms with E-state index in [1.54, 1.807) is 0 Å². The zero-order valence-electron chi connectivity index (χ0n) is 14.2. The summed E-state index contributed by atoms with van der Waals surface area (Å²) in [6.07, 6.45) is 8.28. The molecule has 1 N–H and O–H groups in total. The van der Waals surface area contributed by atoms with Crippen LogP contribution in [0.4, 0.5) is 5.82 Å². The SMILES string of the molecule is CC(C)(C)Nc1ccc2ccc(CCC3CCCC3)cc2n1.